The van der Waals surface area contributed by atoms with E-state index in [2.05, 4.69) is 6.07 Å². The molecule has 0 spiro atoms. The van der Waals surface area contributed by atoms with Crippen LogP contribution in [0.25, 0.3) is 21.6 Å². The van der Waals surface area contributed by atoms with Gasteiger partial charge in [0.25, 0.3) is 0 Å². The summed E-state index contributed by atoms with van der Waals surface area (Å²) in [5, 5.41) is 3.09. The van der Waals surface area contributed by atoms with Crippen LogP contribution in [0.4, 0.5) is 0 Å². The van der Waals surface area contributed by atoms with Crippen LogP contribution in [0.15, 0.2) is 70.9 Å². The van der Waals surface area contributed by atoms with E-state index in [0.717, 1.165) is 45.7 Å². The number of hydrogen-bond acceptors (Lipinski definition) is 5. The fourth-order valence-electron chi connectivity index (χ4n) is 4.16. The summed E-state index contributed by atoms with van der Waals surface area (Å²) in [6.45, 7) is 2.94. The molecule has 2 aromatic carbocycles. The minimum atomic E-state index is -3.47. The smallest absolute Gasteiger partial charge is 0.231 e. The van der Waals surface area contributed by atoms with E-state index in [1.807, 2.05) is 54.8 Å². The van der Waals surface area contributed by atoms with Crippen molar-refractivity contribution in [2.45, 2.75) is 30.6 Å². The molecule has 3 heterocycles. The first kappa shape index (κ1) is 20.3. The Hall–Kier alpha value is -2.61. The van der Waals surface area contributed by atoms with Gasteiger partial charge in [0.15, 0.2) is 5.82 Å². The standard InChI is InChI=1S/C24H23N3O2S2/c1-17-8-10-19(11-9-17)31(28,29)27-14-12-18(13-15-27)23-20-5-2-3-6-21(20)25-24(26-23)22-7-4-16-30-22/h2-11,16,18H,12-15H2,1H3. The van der Waals surface area contributed by atoms with Crippen LogP contribution in [-0.2, 0) is 10.0 Å². The summed E-state index contributed by atoms with van der Waals surface area (Å²) in [6.07, 6.45) is 1.49. The second kappa shape index (κ2) is 8.15. The molecule has 1 aliphatic rings. The Labute approximate surface area is 186 Å². The van der Waals surface area contributed by atoms with E-state index in [4.69, 9.17) is 9.97 Å². The van der Waals surface area contributed by atoms with Gasteiger partial charge in [-0.05, 0) is 49.4 Å². The average Bonchev–Trinajstić information content (AvgIpc) is 3.34. The van der Waals surface area contributed by atoms with Crippen molar-refractivity contribution in [3.63, 3.8) is 0 Å². The van der Waals surface area contributed by atoms with Crippen LogP contribution in [0.3, 0.4) is 0 Å². The minimum Gasteiger partial charge on any atom is -0.231 e. The number of hydrogen-bond donors (Lipinski definition) is 0. The highest BCUT2D eigenvalue weighted by atomic mass is 32.2. The molecule has 0 N–H and O–H groups in total. The molecule has 7 heteroatoms. The molecule has 0 bridgehead atoms. The monoisotopic (exact) mass is 449 g/mol. The highest BCUT2D eigenvalue weighted by molar-refractivity contribution is 7.89. The fraction of sp³-hybridized carbons (Fsp3) is 0.250. The number of fused-ring (bicyclic) bond motifs is 1. The molecular weight excluding hydrogens is 426 g/mol. The lowest BCUT2D eigenvalue weighted by atomic mass is 9.92. The van der Waals surface area contributed by atoms with Crippen molar-refractivity contribution in [1.29, 1.82) is 0 Å². The van der Waals surface area contributed by atoms with Crippen LogP contribution in [0.5, 0.6) is 0 Å². The molecule has 0 radical (unpaired) electrons. The van der Waals surface area contributed by atoms with Crippen LogP contribution in [0, 0.1) is 6.92 Å². The zero-order chi connectivity index (χ0) is 21.4. The maximum atomic E-state index is 13.1. The first-order valence-corrected chi connectivity index (χ1v) is 12.7. The molecule has 0 amide bonds. The molecule has 2 aromatic heterocycles. The van der Waals surface area contributed by atoms with Gasteiger partial charge in [-0.15, -0.1) is 11.3 Å². The molecule has 158 valence electrons. The van der Waals surface area contributed by atoms with Gasteiger partial charge < -0.3 is 0 Å². The van der Waals surface area contributed by atoms with Crippen LogP contribution < -0.4 is 0 Å². The lowest BCUT2D eigenvalue weighted by Crippen LogP contribution is -2.38. The normalized spacial score (nSPS) is 16.0. The number of para-hydroxylation sites is 1. The molecule has 0 atom stereocenters. The Balaban J connectivity index is 1.43. The van der Waals surface area contributed by atoms with Crippen molar-refractivity contribution in [3.8, 4) is 10.7 Å². The van der Waals surface area contributed by atoms with Gasteiger partial charge in [-0.3, -0.25) is 0 Å². The third-order valence-corrected chi connectivity index (χ3v) is 8.65. The number of benzene rings is 2. The zero-order valence-corrected chi connectivity index (χ0v) is 18.9. The lowest BCUT2D eigenvalue weighted by molar-refractivity contribution is 0.317. The summed E-state index contributed by atoms with van der Waals surface area (Å²) < 4.78 is 27.7. The molecule has 0 aliphatic carbocycles. The molecule has 31 heavy (non-hydrogen) atoms. The summed E-state index contributed by atoms with van der Waals surface area (Å²) in [5.74, 6) is 0.953. The second-order valence-electron chi connectivity index (χ2n) is 7.92. The molecule has 5 rings (SSSR count). The molecule has 1 fully saturated rings. The van der Waals surface area contributed by atoms with Gasteiger partial charge in [0.05, 0.1) is 21.0 Å². The van der Waals surface area contributed by atoms with Gasteiger partial charge in [-0.25, -0.2) is 18.4 Å². The van der Waals surface area contributed by atoms with E-state index in [0.29, 0.717) is 18.0 Å². The highest BCUT2D eigenvalue weighted by Crippen LogP contribution is 2.35. The van der Waals surface area contributed by atoms with E-state index < -0.39 is 10.0 Å². The van der Waals surface area contributed by atoms with Gasteiger partial charge in [-0.2, -0.15) is 4.31 Å². The SMILES string of the molecule is Cc1ccc(S(=O)(=O)N2CCC(c3nc(-c4cccs4)nc4ccccc34)CC2)cc1. The maximum absolute atomic E-state index is 13.1. The molecule has 0 saturated carbocycles. The Morgan fingerprint density at radius 3 is 2.39 bits per heavy atom. The van der Waals surface area contributed by atoms with Crippen molar-refractivity contribution < 1.29 is 8.42 Å². The minimum absolute atomic E-state index is 0.205. The van der Waals surface area contributed by atoms with Crippen molar-refractivity contribution in [2.75, 3.05) is 13.1 Å². The summed E-state index contributed by atoms with van der Waals surface area (Å²) in [4.78, 5) is 11.1. The van der Waals surface area contributed by atoms with E-state index in [1.165, 1.54) is 0 Å². The largest absolute Gasteiger partial charge is 0.243 e. The third kappa shape index (κ3) is 3.89. The number of nitrogens with zero attached hydrogens (tertiary/aromatic N) is 3. The Kier molecular flexibility index (Phi) is 5.33. The van der Waals surface area contributed by atoms with Crippen molar-refractivity contribution in [1.82, 2.24) is 14.3 Å². The molecule has 0 unspecified atom stereocenters. The van der Waals surface area contributed by atoms with E-state index in [1.54, 1.807) is 27.8 Å². The van der Waals surface area contributed by atoms with Crippen LogP contribution in [0.1, 0.15) is 30.0 Å². The molecule has 1 saturated heterocycles. The van der Waals surface area contributed by atoms with E-state index in [-0.39, 0.29) is 5.92 Å². The number of sulfonamides is 1. The van der Waals surface area contributed by atoms with Gasteiger partial charge >= 0.3 is 0 Å². The van der Waals surface area contributed by atoms with E-state index >= 15 is 0 Å². The average molecular weight is 450 g/mol. The highest BCUT2D eigenvalue weighted by Gasteiger charge is 2.31. The van der Waals surface area contributed by atoms with Crippen LogP contribution in [0.2, 0.25) is 0 Å². The number of aromatic nitrogens is 2. The number of piperidine rings is 1. The number of rotatable bonds is 4. The Bertz CT molecular complexity index is 1310. The second-order valence-corrected chi connectivity index (χ2v) is 10.8. The Morgan fingerprint density at radius 1 is 0.935 bits per heavy atom. The van der Waals surface area contributed by atoms with Gasteiger partial charge in [-0.1, -0.05) is 42.0 Å². The van der Waals surface area contributed by atoms with Gasteiger partial charge in [0.2, 0.25) is 10.0 Å². The van der Waals surface area contributed by atoms with Gasteiger partial charge in [0, 0.05) is 24.4 Å². The summed E-state index contributed by atoms with van der Waals surface area (Å²) >= 11 is 1.63. The lowest BCUT2D eigenvalue weighted by Gasteiger charge is -2.31. The molecule has 5 nitrogen and oxygen atoms in total. The maximum Gasteiger partial charge on any atom is 0.243 e. The summed E-state index contributed by atoms with van der Waals surface area (Å²) in [6, 6.07) is 19.2. The van der Waals surface area contributed by atoms with Crippen molar-refractivity contribution >= 4 is 32.3 Å². The number of aryl methyl sites for hydroxylation is 1. The Morgan fingerprint density at radius 2 is 1.68 bits per heavy atom. The third-order valence-electron chi connectivity index (χ3n) is 5.87. The molecule has 1 aliphatic heterocycles. The van der Waals surface area contributed by atoms with Crippen LogP contribution >= 0.6 is 11.3 Å². The molecular formula is C24H23N3O2S2. The summed E-state index contributed by atoms with van der Waals surface area (Å²) in [5.41, 5.74) is 3.02. The van der Waals surface area contributed by atoms with Crippen molar-refractivity contribution in [2.24, 2.45) is 0 Å². The topological polar surface area (TPSA) is 63.2 Å². The number of thiophene rings is 1. The predicted molar refractivity (Wildman–Crippen MR) is 125 cm³/mol. The first-order valence-electron chi connectivity index (χ1n) is 10.4. The van der Waals surface area contributed by atoms with Crippen LogP contribution in [-0.4, -0.2) is 35.8 Å². The molecule has 4 aromatic rings. The predicted octanol–water partition coefficient (Wildman–Crippen LogP) is 5.24. The van der Waals surface area contributed by atoms with E-state index in [9.17, 15) is 8.42 Å². The first-order chi connectivity index (χ1) is 15.0. The summed E-state index contributed by atoms with van der Waals surface area (Å²) in [7, 11) is -3.47. The van der Waals surface area contributed by atoms with Gasteiger partial charge in [0.1, 0.15) is 0 Å². The quantitative estimate of drug-likeness (QED) is 0.428. The van der Waals surface area contributed by atoms with Crippen molar-refractivity contribution in [3.05, 3.63) is 77.3 Å². The fourth-order valence-corrected chi connectivity index (χ4v) is 6.28. The zero-order valence-electron chi connectivity index (χ0n) is 17.2.